The van der Waals surface area contributed by atoms with Gasteiger partial charge in [0.15, 0.2) is 0 Å². The molecular weight excluding hydrogens is 510 g/mol. The lowest BCUT2D eigenvalue weighted by atomic mass is 10.1. The van der Waals surface area contributed by atoms with Crippen molar-refractivity contribution in [3.63, 3.8) is 0 Å². The monoisotopic (exact) mass is 547 g/mol. The van der Waals surface area contributed by atoms with E-state index in [0.717, 1.165) is 41.1 Å². The van der Waals surface area contributed by atoms with Crippen LogP contribution in [0.15, 0.2) is 89.8 Å². The zero-order valence-corrected chi connectivity index (χ0v) is 23.4. The molecule has 0 saturated heterocycles. The number of benzene rings is 3. The van der Waals surface area contributed by atoms with Gasteiger partial charge in [0.25, 0.3) is 10.0 Å². The SMILES string of the molecule is CCC(C(=O)NC1CCCC1)N(Cc1ccccc1)C(=O)CN(c1ccccc1)S(=O)(=O)c1ccc(C)cc1. The molecule has 8 heteroatoms. The fourth-order valence-corrected chi connectivity index (χ4v) is 6.44. The number of nitrogens with one attached hydrogen (secondary N) is 1. The lowest BCUT2D eigenvalue weighted by Crippen LogP contribution is -2.53. The molecule has 1 fully saturated rings. The van der Waals surface area contributed by atoms with Crippen molar-refractivity contribution in [1.29, 1.82) is 0 Å². The number of hydrogen-bond donors (Lipinski definition) is 1. The Bertz CT molecular complexity index is 1340. The number of nitrogens with zero attached hydrogens (tertiary/aromatic N) is 2. The summed E-state index contributed by atoms with van der Waals surface area (Å²) in [5.41, 5.74) is 2.18. The molecule has 1 unspecified atom stereocenters. The summed E-state index contributed by atoms with van der Waals surface area (Å²) in [7, 11) is -4.06. The van der Waals surface area contributed by atoms with Crippen LogP contribution in [0.2, 0.25) is 0 Å². The van der Waals surface area contributed by atoms with Gasteiger partial charge in [0, 0.05) is 12.6 Å². The Morgan fingerprint density at radius 3 is 2.08 bits per heavy atom. The first-order valence-corrected chi connectivity index (χ1v) is 15.0. The Labute approximate surface area is 231 Å². The van der Waals surface area contributed by atoms with Crippen LogP contribution in [0.5, 0.6) is 0 Å². The zero-order valence-electron chi connectivity index (χ0n) is 22.6. The van der Waals surface area contributed by atoms with Gasteiger partial charge in [-0.1, -0.05) is 86.0 Å². The molecule has 4 rings (SSSR count). The molecule has 3 aromatic rings. The zero-order chi connectivity index (χ0) is 27.8. The van der Waals surface area contributed by atoms with Crippen LogP contribution in [0.1, 0.15) is 50.2 Å². The van der Waals surface area contributed by atoms with E-state index >= 15 is 0 Å². The van der Waals surface area contributed by atoms with Crippen LogP contribution in [0.3, 0.4) is 0 Å². The number of sulfonamides is 1. The van der Waals surface area contributed by atoms with Crippen LogP contribution in [-0.2, 0) is 26.2 Å². The molecule has 7 nitrogen and oxygen atoms in total. The molecule has 1 aliphatic rings. The fraction of sp³-hybridized carbons (Fsp3) is 0.355. The highest BCUT2D eigenvalue weighted by Gasteiger charge is 2.34. The second-order valence-corrected chi connectivity index (χ2v) is 11.9. The van der Waals surface area contributed by atoms with E-state index in [9.17, 15) is 18.0 Å². The summed E-state index contributed by atoms with van der Waals surface area (Å²) in [6.07, 6.45) is 4.44. The third-order valence-corrected chi connectivity index (χ3v) is 9.00. The van der Waals surface area contributed by atoms with Crippen molar-refractivity contribution in [3.8, 4) is 0 Å². The maximum absolute atomic E-state index is 14.0. The first-order chi connectivity index (χ1) is 18.8. The van der Waals surface area contributed by atoms with Crippen LogP contribution >= 0.6 is 0 Å². The predicted molar refractivity (Wildman–Crippen MR) is 154 cm³/mol. The topological polar surface area (TPSA) is 86.8 Å². The molecule has 0 heterocycles. The standard InChI is InChI=1S/C31H37N3O4S/c1-3-29(31(36)32-26-14-10-11-15-26)33(22-25-12-6-4-7-13-25)30(35)23-34(27-16-8-5-9-17-27)39(37,38)28-20-18-24(2)19-21-28/h4-9,12-13,16-21,26,29H,3,10-11,14-15,22-23H2,1-2H3,(H,32,36). The molecule has 0 spiro atoms. The minimum Gasteiger partial charge on any atom is -0.352 e. The van der Waals surface area contributed by atoms with Crippen molar-refractivity contribution in [2.75, 3.05) is 10.8 Å². The number of carbonyl (C=O) groups is 2. The van der Waals surface area contributed by atoms with Gasteiger partial charge in [-0.3, -0.25) is 13.9 Å². The van der Waals surface area contributed by atoms with Crippen molar-refractivity contribution in [3.05, 3.63) is 96.1 Å². The second kappa shape index (κ2) is 12.9. The van der Waals surface area contributed by atoms with Crippen LogP contribution in [0, 0.1) is 6.92 Å². The molecule has 1 atom stereocenters. The van der Waals surface area contributed by atoms with E-state index in [1.165, 1.54) is 4.90 Å². The normalized spacial score (nSPS) is 14.5. The third kappa shape index (κ3) is 7.06. The van der Waals surface area contributed by atoms with E-state index < -0.39 is 28.5 Å². The Morgan fingerprint density at radius 2 is 1.49 bits per heavy atom. The van der Waals surface area contributed by atoms with E-state index in [-0.39, 0.29) is 23.4 Å². The Hall–Kier alpha value is -3.65. The molecule has 1 saturated carbocycles. The van der Waals surface area contributed by atoms with Crippen molar-refractivity contribution in [1.82, 2.24) is 10.2 Å². The molecule has 39 heavy (non-hydrogen) atoms. The minimum atomic E-state index is -4.06. The molecular formula is C31H37N3O4S. The van der Waals surface area contributed by atoms with Crippen molar-refractivity contribution in [2.24, 2.45) is 0 Å². The minimum absolute atomic E-state index is 0.102. The third-order valence-electron chi connectivity index (χ3n) is 7.22. The maximum Gasteiger partial charge on any atom is 0.264 e. The lowest BCUT2D eigenvalue weighted by molar-refractivity contribution is -0.140. The molecule has 206 valence electrons. The van der Waals surface area contributed by atoms with Gasteiger partial charge in [0.05, 0.1) is 10.6 Å². The van der Waals surface area contributed by atoms with E-state index in [4.69, 9.17) is 0 Å². The van der Waals surface area contributed by atoms with Crippen LogP contribution in [0.25, 0.3) is 0 Å². The number of rotatable bonds is 11. The highest BCUT2D eigenvalue weighted by molar-refractivity contribution is 7.92. The van der Waals surface area contributed by atoms with Crippen molar-refractivity contribution < 1.29 is 18.0 Å². The summed E-state index contributed by atoms with van der Waals surface area (Å²) in [4.78, 5) is 29.1. The quantitative estimate of drug-likeness (QED) is 0.364. The Kier molecular flexibility index (Phi) is 9.41. The van der Waals surface area contributed by atoms with Crippen LogP contribution in [0.4, 0.5) is 5.69 Å². The molecule has 2 amide bonds. The van der Waals surface area contributed by atoms with Gasteiger partial charge in [0.1, 0.15) is 12.6 Å². The molecule has 0 aromatic heterocycles. The van der Waals surface area contributed by atoms with Gasteiger partial charge in [0.2, 0.25) is 11.8 Å². The number of carbonyl (C=O) groups excluding carboxylic acids is 2. The largest absolute Gasteiger partial charge is 0.352 e. The van der Waals surface area contributed by atoms with E-state index in [1.54, 1.807) is 54.6 Å². The van der Waals surface area contributed by atoms with Gasteiger partial charge in [-0.2, -0.15) is 0 Å². The summed E-state index contributed by atoms with van der Waals surface area (Å²) in [5, 5.41) is 3.13. The van der Waals surface area contributed by atoms with Gasteiger partial charge in [-0.05, 0) is 56.0 Å². The van der Waals surface area contributed by atoms with Crippen LogP contribution < -0.4 is 9.62 Å². The fourth-order valence-electron chi connectivity index (χ4n) is 5.03. The second-order valence-electron chi connectivity index (χ2n) is 10.1. The Morgan fingerprint density at radius 1 is 0.897 bits per heavy atom. The first kappa shape index (κ1) is 28.4. The summed E-state index contributed by atoms with van der Waals surface area (Å²) in [5.74, 6) is -0.631. The number of para-hydroxylation sites is 1. The average Bonchev–Trinajstić information content (AvgIpc) is 3.45. The predicted octanol–water partition coefficient (Wildman–Crippen LogP) is 5.06. The van der Waals surface area contributed by atoms with Gasteiger partial charge in [-0.15, -0.1) is 0 Å². The van der Waals surface area contributed by atoms with E-state index in [2.05, 4.69) is 5.32 Å². The summed E-state index contributed by atoms with van der Waals surface area (Å²) >= 11 is 0. The van der Waals surface area contributed by atoms with E-state index in [1.807, 2.05) is 44.2 Å². The molecule has 1 aliphatic carbocycles. The molecule has 0 radical (unpaired) electrons. The highest BCUT2D eigenvalue weighted by atomic mass is 32.2. The number of amides is 2. The van der Waals surface area contributed by atoms with E-state index in [0.29, 0.717) is 12.1 Å². The van der Waals surface area contributed by atoms with Crippen molar-refractivity contribution >= 4 is 27.5 Å². The van der Waals surface area contributed by atoms with Crippen LogP contribution in [-0.4, -0.2) is 43.8 Å². The lowest BCUT2D eigenvalue weighted by Gasteiger charge is -2.33. The van der Waals surface area contributed by atoms with Crippen molar-refractivity contribution in [2.45, 2.75) is 69.5 Å². The summed E-state index contributed by atoms with van der Waals surface area (Å²) in [6.45, 7) is 3.53. The van der Waals surface area contributed by atoms with Gasteiger partial charge in [-0.25, -0.2) is 8.42 Å². The Balaban J connectivity index is 1.68. The smallest absolute Gasteiger partial charge is 0.264 e. The number of aryl methyl sites for hydroxylation is 1. The molecule has 0 bridgehead atoms. The molecule has 0 aliphatic heterocycles. The molecule has 1 N–H and O–H groups in total. The van der Waals surface area contributed by atoms with Gasteiger partial charge < -0.3 is 10.2 Å². The highest BCUT2D eigenvalue weighted by Crippen LogP contribution is 2.25. The van der Waals surface area contributed by atoms with Gasteiger partial charge >= 0.3 is 0 Å². The number of anilines is 1. The molecule has 3 aromatic carbocycles. The number of hydrogen-bond acceptors (Lipinski definition) is 4. The maximum atomic E-state index is 14.0. The summed E-state index contributed by atoms with van der Waals surface area (Å²) in [6, 6.07) is 24.1. The summed E-state index contributed by atoms with van der Waals surface area (Å²) < 4.78 is 28.8. The average molecular weight is 548 g/mol. The first-order valence-electron chi connectivity index (χ1n) is 13.6.